The van der Waals surface area contributed by atoms with Crippen molar-refractivity contribution in [3.63, 3.8) is 0 Å². The number of ether oxygens (including phenoxy) is 1. The van der Waals surface area contributed by atoms with Gasteiger partial charge < -0.3 is 20.3 Å². The van der Waals surface area contributed by atoms with Crippen molar-refractivity contribution in [1.29, 1.82) is 0 Å². The van der Waals surface area contributed by atoms with E-state index in [0.717, 1.165) is 12.8 Å². The van der Waals surface area contributed by atoms with Crippen molar-refractivity contribution >= 4 is 29.2 Å². The molecule has 24 heavy (non-hydrogen) atoms. The molecule has 1 aliphatic heterocycles. The van der Waals surface area contributed by atoms with Gasteiger partial charge in [-0.15, -0.1) is 0 Å². The van der Waals surface area contributed by atoms with E-state index in [9.17, 15) is 9.59 Å². The Bertz CT molecular complexity index is 626. The number of urea groups is 1. The lowest BCUT2D eigenvalue weighted by molar-refractivity contribution is -0.121. The smallest absolute Gasteiger partial charge is 0.317 e. The number of hydrogen-bond acceptors (Lipinski definition) is 3. The van der Waals surface area contributed by atoms with Crippen LogP contribution in [0.1, 0.15) is 25.7 Å². The van der Waals surface area contributed by atoms with Crippen molar-refractivity contribution in [2.24, 2.45) is 5.92 Å². The summed E-state index contributed by atoms with van der Waals surface area (Å²) in [5, 5.41) is 6.41. The number of halogens is 1. The highest BCUT2D eigenvalue weighted by atomic mass is 35.5. The van der Waals surface area contributed by atoms with Gasteiger partial charge in [0, 0.05) is 30.1 Å². The third-order valence-corrected chi connectivity index (χ3v) is 4.71. The Morgan fingerprint density at radius 2 is 1.92 bits per heavy atom. The van der Waals surface area contributed by atoms with Gasteiger partial charge in [-0.05, 0) is 43.9 Å². The van der Waals surface area contributed by atoms with E-state index in [-0.39, 0.29) is 17.9 Å². The topological polar surface area (TPSA) is 70.7 Å². The molecule has 130 valence electrons. The zero-order valence-electron chi connectivity index (χ0n) is 13.7. The molecule has 7 heteroatoms. The molecule has 0 radical (unpaired) electrons. The van der Waals surface area contributed by atoms with Gasteiger partial charge in [-0.25, -0.2) is 4.79 Å². The lowest BCUT2D eigenvalue weighted by atomic mass is 9.96. The SMILES string of the molecule is COc1ccc(Cl)cc1NC(=O)C1CCN(C(=O)NC2CC2)CC1. The highest BCUT2D eigenvalue weighted by molar-refractivity contribution is 6.31. The Labute approximate surface area is 146 Å². The van der Waals surface area contributed by atoms with Crippen LogP contribution in [0.3, 0.4) is 0 Å². The van der Waals surface area contributed by atoms with Crippen molar-refractivity contribution < 1.29 is 14.3 Å². The maximum atomic E-state index is 12.5. The van der Waals surface area contributed by atoms with Crippen LogP contribution in [0, 0.1) is 5.92 Å². The van der Waals surface area contributed by atoms with E-state index in [1.165, 1.54) is 0 Å². The van der Waals surface area contributed by atoms with Gasteiger partial charge >= 0.3 is 6.03 Å². The van der Waals surface area contributed by atoms with Crippen LogP contribution in [0.15, 0.2) is 18.2 Å². The molecule has 2 aliphatic rings. The summed E-state index contributed by atoms with van der Waals surface area (Å²) in [4.78, 5) is 26.3. The number of rotatable bonds is 4. The number of carbonyl (C=O) groups excluding carboxylic acids is 2. The molecule has 1 aromatic carbocycles. The second-order valence-electron chi connectivity index (χ2n) is 6.32. The molecular formula is C17H22ClN3O3. The van der Waals surface area contributed by atoms with Gasteiger partial charge in [-0.2, -0.15) is 0 Å². The Hall–Kier alpha value is -1.95. The molecule has 0 atom stereocenters. The Balaban J connectivity index is 1.53. The van der Waals surface area contributed by atoms with Crippen LogP contribution >= 0.6 is 11.6 Å². The fourth-order valence-electron chi connectivity index (χ4n) is 2.85. The number of methoxy groups -OCH3 is 1. The average Bonchev–Trinajstić information content (AvgIpc) is 3.39. The molecule has 1 aliphatic carbocycles. The fourth-order valence-corrected chi connectivity index (χ4v) is 3.02. The minimum Gasteiger partial charge on any atom is -0.495 e. The Morgan fingerprint density at radius 3 is 2.54 bits per heavy atom. The first kappa shape index (κ1) is 16.9. The van der Waals surface area contributed by atoms with Crippen LogP contribution in [0.4, 0.5) is 10.5 Å². The number of anilines is 1. The van der Waals surface area contributed by atoms with Crippen LogP contribution in [0.25, 0.3) is 0 Å². The first-order valence-electron chi connectivity index (χ1n) is 8.26. The van der Waals surface area contributed by atoms with Crippen LogP contribution in [-0.2, 0) is 4.79 Å². The number of piperidine rings is 1. The summed E-state index contributed by atoms with van der Waals surface area (Å²) < 4.78 is 5.25. The number of likely N-dealkylation sites (tertiary alicyclic amines) is 1. The third-order valence-electron chi connectivity index (χ3n) is 4.48. The number of carbonyl (C=O) groups is 2. The summed E-state index contributed by atoms with van der Waals surface area (Å²) in [6.45, 7) is 1.20. The molecule has 2 N–H and O–H groups in total. The van der Waals surface area contributed by atoms with Gasteiger partial charge in [-0.1, -0.05) is 11.6 Å². The second-order valence-corrected chi connectivity index (χ2v) is 6.76. The first-order chi connectivity index (χ1) is 11.6. The zero-order chi connectivity index (χ0) is 17.1. The molecule has 1 saturated carbocycles. The molecular weight excluding hydrogens is 330 g/mol. The largest absolute Gasteiger partial charge is 0.495 e. The molecule has 6 nitrogen and oxygen atoms in total. The van der Waals surface area contributed by atoms with E-state index in [4.69, 9.17) is 16.3 Å². The quantitative estimate of drug-likeness (QED) is 0.876. The predicted molar refractivity (Wildman–Crippen MR) is 92.5 cm³/mol. The summed E-state index contributed by atoms with van der Waals surface area (Å²) in [5.74, 6) is 0.408. The van der Waals surface area contributed by atoms with E-state index in [0.29, 0.717) is 48.4 Å². The van der Waals surface area contributed by atoms with Gasteiger partial charge in [0.2, 0.25) is 5.91 Å². The third kappa shape index (κ3) is 4.12. The van der Waals surface area contributed by atoms with E-state index >= 15 is 0 Å². The normalized spacial score (nSPS) is 18.2. The molecule has 0 unspecified atom stereocenters. The summed E-state index contributed by atoms with van der Waals surface area (Å²) in [7, 11) is 1.55. The standard InChI is InChI=1S/C17H22ClN3O3/c1-24-15-5-2-12(18)10-14(15)20-16(22)11-6-8-21(9-7-11)17(23)19-13-3-4-13/h2,5,10-11,13H,3-4,6-9H2,1H3,(H,19,23)(H,20,22). The molecule has 2 fully saturated rings. The molecule has 1 saturated heterocycles. The minimum atomic E-state index is -0.112. The van der Waals surface area contributed by atoms with Gasteiger partial charge in [0.1, 0.15) is 5.75 Å². The van der Waals surface area contributed by atoms with Crippen molar-refractivity contribution in [3.05, 3.63) is 23.2 Å². The van der Waals surface area contributed by atoms with Crippen molar-refractivity contribution in [3.8, 4) is 5.75 Å². The monoisotopic (exact) mass is 351 g/mol. The summed E-state index contributed by atoms with van der Waals surface area (Å²) in [6.07, 6.45) is 3.47. The molecule has 0 aromatic heterocycles. The number of hydrogen-bond donors (Lipinski definition) is 2. The van der Waals surface area contributed by atoms with Gasteiger partial charge in [-0.3, -0.25) is 4.79 Å². The molecule has 3 amide bonds. The number of benzene rings is 1. The van der Waals surface area contributed by atoms with Gasteiger partial charge in [0.15, 0.2) is 0 Å². The molecule has 3 rings (SSSR count). The van der Waals surface area contributed by atoms with E-state index in [1.807, 2.05) is 0 Å². The van der Waals surface area contributed by atoms with Crippen LogP contribution < -0.4 is 15.4 Å². The first-order valence-corrected chi connectivity index (χ1v) is 8.64. The molecule has 0 spiro atoms. The minimum absolute atomic E-state index is 0.00660. The summed E-state index contributed by atoms with van der Waals surface area (Å²) in [6, 6.07) is 5.47. The molecule has 1 aromatic rings. The van der Waals surface area contributed by atoms with Gasteiger partial charge in [0.25, 0.3) is 0 Å². The highest BCUT2D eigenvalue weighted by Crippen LogP contribution is 2.29. The summed E-state index contributed by atoms with van der Waals surface area (Å²) >= 11 is 5.99. The van der Waals surface area contributed by atoms with E-state index in [1.54, 1.807) is 30.2 Å². The van der Waals surface area contributed by atoms with Crippen molar-refractivity contribution in [2.75, 3.05) is 25.5 Å². The van der Waals surface area contributed by atoms with Crippen LogP contribution in [0.2, 0.25) is 5.02 Å². The second kappa shape index (κ2) is 7.30. The highest BCUT2D eigenvalue weighted by Gasteiger charge is 2.30. The van der Waals surface area contributed by atoms with Gasteiger partial charge in [0.05, 0.1) is 12.8 Å². The van der Waals surface area contributed by atoms with E-state index < -0.39 is 0 Å². The summed E-state index contributed by atoms with van der Waals surface area (Å²) in [5.41, 5.74) is 0.573. The predicted octanol–water partition coefficient (Wildman–Crippen LogP) is 2.87. The average molecular weight is 352 g/mol. The van der Waals surface area contributed by atoms with E-state index in [2.05, 4.69) is 10.6 Å². The Morgan fingerprint density at radius 1 is 1.21 bits per heavy atom. The lowest BCUT2D eigenvalue weighted by Crippen LogP contribution is -2.46. The number of nitrogens with one attached hydrogen (secondary N) is 2. The number of nitrogens with zero attached hydrogens (tertiary/aromatic N) is 1. The van der Waals surface area contributed by atoms with Crippen molar-refractivity contribution in [2.45, 2.75) is 31.7 Å². The van der Waals surface area contributed by atoms with Crippen LogP contribution in [0.5, 0.6) is 5.75 Å². The maximum absolute atomic E-state index is 12.5. The molecule has 0 bridgehead atoms. The number of amides is 3. The van der Waals surface area contributed by atoms with Crippen molar-refractivity contribution in [1.82, 2.24) is 10.2 Å². The maximum Gasteiger partial charge on any atom is 0.317 e. The molecule has 1 heterocycles. The fraction of sp³-hybridized carbons (Fsp3) is 0.529. The van der Waals surface area contributed by atoms with Crippen LogP contribution in [-0.4, -0.2) is 43.1 Å². The lowest BCUT2D eigenvalue weighted by Gasteiger charge is -2.31. The zero-order valence-corrected chi connectivity index (χ0v) is 14.4. The Kier molecular flexibility index (Phi) is 5.14.